The van der Waals surface area contributed by atoms with Crippen molar-refractivity contribution in [3.05, 3.63) is 48.5 Å². The second-order valence-corrected chi connectivity index (χ2v) is 9.28. The normalized spacial score (nSPS) is 21.2. The summed E-state index contributed by atoms with van der Waals surface area (Å²) in [5.74, 6) is -8.70. The number of hydrogen-bond acceptors (Lipinski definition) is 6. The van der Waals surface area contributed by atoms with Crippen LogP contribution < -0.4 is 15.4 Å². The third kappa shape index (κ3) is 5.79. The molecule has 0 spiro atoms. The summed E-state index contributed by atoms with van der Waals surface area (Å²) in [7, 11) is 0. The predicted molar refractivity (Wildman–Crippen MR) is 129 cm³/mol. The molecule has 3 rings (SSSR count). The summed E-state index contributed by atoms with van der Waals surface area (Å²) in [5, 5.41) is 25.1. The lowest BCUT2D eigenvalue weighted by Gasteiger charge is -2.46. The van der Waals surface area contributed by atoms with Gasteiger partial charge in [0.05, 0.1) is 17.8 Å². The molecule has 9 nitrogen and oxygen atoms in total. The van der Waals surface area contributed by atoms with Crippen molar-refractivity contribution in [3.8, 4) is 11.5 Å². The molecule has 1 fully saturated rings. The SMILES string of the molecule is CC(C)Nc1ccc(Oc2ccc(NC(=O)C3C(C(=O)O)C(C(=O)C(C)C)C3C(=O)O)cc2)cc1. The summed E-state index contributed by atoms with van der Waals surface area (Å²) in [5.41, 5.74) is 1.32. The topological polar surface area (TPSA) is 142 Å². The average molecular weight is 483 g/mol. The standard InChI is InChI=1S/C26H30N2O7/c1-13(2)23(29)19-21(25(31)32)20(22(19)26(33)34)24(30)28-16-7-11-18(12-8-16)35-17-9-5-15(6-10-17)27-14(3)4/h5-14,19-22,27H,1-4H3,(H,28,30)(H,31,32)(H,33,34). The molecule has 0 aromatic heterocycles. The molecule has 186 valence electrons. The van der Waals surface area contributed by atoms with Crippen LogP contribution in [-0.4, -0.2) is 39.9 Å². The molecular formula is C26H30N2O7. The molecule has 1 saturated carbocycles. The van der Waals surface area contributed by atoms with Crippen molar-refractivity contribution in [2.75, 3.05) is 10.6 Å². The maximum absolute atomic E-state index is 12.9. The minimum absolute atomic E-state index is 0.308. The van der Waals surface area contributed by atoms with Crippen LogP contribution in [0.3, 0.4) is 0 Å². The van der Waals surface area contributed by atoms with Gasteiger partial charge < -0.3 is 25.6 Å². The second-order valence-electron chi connectivity index (χ2n) is 9.28. The molecule has 0 radical (unpaired) electrons. The van der Waals surface area contributed by atoms with E-state index >= 15 is 0 Å². The molecule has 4 N–H and O–H groups in total. The molecule has 0 bridgehead atoms. The van der Waals surface area contributed by atoms with Crippen molar-refractivity contribution in [1.29, 1.82) is 0 Å². The van der Waals surface area contributed by atoms with Gasteiger partial charge in [-0.25, -0.2) is 0 Å². The summed E-state index contributed by atoms with van der Waals surface area (Å²) >= 11 is 0. The average Bonchev–Trinajstić information content (AvgIpc) is 2.74. The quantitative estimate of drug-likeness (QED) is 0.396. The van der Waals surface area contributed by atoms with Crippen LogP contribution in [0.2, 0.25) is 0 Å². The van der Waals surface area contributed by atoms with E-state index in [1.54, 1.807) is 38.1 Å². The van der Waals surface area contributed by atoms with Gasteiger partial charge in [-0.3, -0.25) is 19.2 Å². The number of benzene rings is 2. The molecule has 2 unspecified atom stereocenters. The first-order chi connectivity index (χ1) is 16.5. The Morgan fingerprint density at radius 3 is 1.57 bits per heavy atom. The zero-order valence-corrected chi connectivity index (χ0v) is 20.0. The van der Waals surface area contributed by atoms with Gasteiger partial charge in [0.25, 0.3) is 0 Å². The first kappa shape index (κ1) is 25.7. The number of carbonyl (C=O) groups is 4. The van der Waals surface area contributed by atoms with Gasteiger partial charge in [0.15, 0.2) is 0 Å². The third-order valence-electron chi connectivity index (χ3n) is 5.99. The molecule has 2 aromatic carbocycles. The molecule has 2 atom stereocenters. The highest BCUT2D eigenvalue weighted by molar-refractivity contribution is 6.04. The molecule has 1 aliphatic rings. The lowest BCUT2D eigenvalue weighted by Crippen LogP contribution is -2.61. The monoisotopic (exact) mass is 482 g/mol. The smallest absolute Gasteiger partial charge is 0.308 e. The van der Waals surface area contributed by atoms with Crippen molar-refractivity contribution in [2.45, 2.75) is 33.7 Å². The van der Waals surface area contributed by atoms with Crippen LogP contribution in [0.25, 0.3) is 0 Å². The number of aliphatic carboxylic acids is 2. The Hall–Kier alpha value is -3.88. The molecular weight excluding hydrogens is 452 g/mol. The third-order valence-corrected chi connectivity index (χ3v) is 5.99. The Kier molecular flexibility index (Phi) is 7.78. The molecule has 2 aromatic rings. The molecule has 0 aliphatic heterocycles. The van der Waals surface area contributed by atoms with Gasteiger partial charge in [-0.1, -0.05) is 13.8 Å². The molecule has 1 amide bonds. The van der Waals surface area contributed by atoms with E-state index in [9.17, 15) is 29.4 Å². The number of rotatable bonds is 10. The van der Waals surface area contributed by atoms with Gasteiger partial charge in [0.2, 0.25) is 5.91 Å². The largest absolute Gasteiger partial charge is 0.481 e. The number of ether oxygens (including phenoxy) is 1. The summed E-state index contributed by atoms with van der Waals surface area (Å²) in [6, 6.07) is 14.2. The number of carbonyl (C=O) groups excluding carboxylic acids is 2. The molecule has 0 heterocycles. The fourth-order valence-electron chi connectivity index (χ4n) is 4.35. The Labute approximate surface area is 203 Å². The first-order valence-electron chi connectivity index (χ1n) is 11.4. The van der Waals surface area contributed by atoms with Gasteiger partial charge in [-0.2, -0.15) is 0 Å². The van der Waals surface area contributed by atoms with Gasteiger partial charge in [-0.05, 0) is 62.4 Å². The van der Waals surface area contributed by atoms with Crippen LogP contribution in [0.5, 0.6) is 11.5 Å². The molecule has 1 aliphatic carbocycles. The van der Waals surface area contributed by atoms with Crippen molar-refractivity contribution < 1.29 is 34.1 Å². The maximum atomic E-state index is 12.9. The summed E-state index contributed by atoms with van der Waals surface area (Å²) in [6.07, 6.45) is 0. The predicted octanol–water partition coefficient (Wildman–Crippen LogP) is 4.11. The molecule has 9 heteroatoms. The van der Waals surface area contributed by atoms with Crippen LogP contribution >= 0.6 is 0 Å². The number of anilines is 2. The van der Waals surface area contributed by atoms with Crippen LogP contribution in [0.1, 0.15) is 27.7 Å². The van der Waals surface area contributed by atoms with E-state index in [-0.39, 0.29) is 0 Å². The number of carboxylic acids is 2. The summed E-state index contributed by atoms with van der Waals surface area (Å²) in [6.45, 7) is 7.24. The van der Waals surface area contributed by atoms with E-state index < -0.39 is 53.2 Å². The van der Waals surface area contributed by atoms with E-state index in [1.165, 1.54) is 0 Å². The Morgan fingerprint density at radius 2 is 1.17 bits per heavy atom. The minimum atomic E-state index is -1.39. The van der Waals surface area contributed by atoms with Crippen LogP contribution in [0, 0.1) is 29.6 Å². The van der Waals surface area contributed by atoms with E-state index in [0.717, 1.165) is 5.69 Å². The number of nitrogens with one attached hydrogen (secondary N) is 2. The maximum Gasteiger partial charge on any atom is 0.308 e. The number of hydrogen-bond donors (Lipinski definition) is 4. The fraction of sp³-hybridized carbons (Fsp3) is 0.385. The highest BCUT2D eigenvalue weighted by Crippen LogP contribution is 2.48. The Morgan fingerprint density at radius 1 is 0.714 bits per heavy atom. The van der Waals surface area contributed by atoms with E-state index in [4.69, 9.17) is 4.74 Å². The van der Waals surface area contributed by atoms with Gasteiger partial charge in [-0.15, -0.1) is 0 Å². The number of amides is 1. The number of carboxylic acid groups (broad SMARTS) is 2. The number of ketones is 1. The Bertz CT molecular complexity index is 1070. The van der Waals surface area contributed by atoms with Gasteiger partial charge in [0, 0.05) is 29.3 Å². The highest BCUT2D eigenvalue weighted by atomic mass is 16.5. The molecule has 0 saturated heterocycles. The summed E-state index contributed by atoms with van der Waals surface area (Å²) in [4.78, 5) is 48.9. The zero-order chi connectivity index (χ0) is 25.9. The van der Waals surface area contributed by atoms with Gasteiger partial charge >= 0.3 is 11.9 Å². The van der Waals surface area contributed by atoms with Crippen molar-refractivity contribution >= 4 is 35.0 Å². The van der Waals surface area contributed by atoms with E-state index in [0.29, 0.717) is 23.2 Å². The van der Waals surface area contributed by atoms with E-state index in [2.05, 4.69) is 10.6 Å². The second kappa shape index (κ2) is 10.6. The van der Waals surface area contributed by atoms with Crippen LogP contribution in [-0.2, 0) is 19.2 Å². The lowest BCUT2D eigenvalue weighted by atomic mass is 9.53. The van der Waals surface area contributed by atoms with Crippen molar-refractivity contribution in [2.24, 2.45) is 29.6 Å². The Balaban J connectivity index is 1.68. The minimum Gasteiger partial charge on any atom is -0.481 e. The summed E-state index contributed by atoms with van der Waals surface area (Å²) < 4.78 is 5.80. The zero-order valence-electron chi connectivity index (χ0n) is 20.0. The first-order valence-corrected chi connectivity index (χ1v) is 11.4. The molecule has 35 heavy (non-hydrogen) atoms. The number of Topliss-reactive ketones (excluding diaryl/α,β-unsaturated/α-hetero) is 1. The van der Waals surface area contributed by atoms with Crippen molar-refractivity contribution in [1.82, 2.24) is 0 Å². The fourth-order valence-corrected chi connectivity index (χ4v) is 4.35. The van der Waals surface area contributed by atoms with Gasteiger partial charge in [0.1, 0.15) is 17.3 Å². The van der Waals surface area contributed by atoms with Crippen LogP contribution in [0.15, 0.2) is 48.5 Å². The highest BCUT2D eigenvalue weighted by Gasteiger charge is 2.63. The van der Waals surface area contributed by atoms with Crippen LogP contribution in [0.4, 0.5) is 11.4 Å². The van der Waals surface area contributed by atoms with E-state index in [1.807, 2.05) is 38.1 Å². The van der Waals surface area contributed by atoms with Crippen molar-refractivity contribution in [3.63, 3.8) is 0 Å². The lowest BCUT2D eigenvalue weighted by molar-refractivity contribution is -0.180.